The lowest BCUT2D eigenvalue weighted by molar-refractivity contribution is 0.187. The van der Waals surface area contributed by atoms with Crippen molar-refractivity contribution in [1.29, 1.82) is 0 Å². The second-order valence-corrected chi connectivity index (χ2v) is 4.12. The number of carbonyl (C=O) groups is 1. The van der Waals surface area contributed by atoms with E-state index in [9.17, 15) is 9.18 Å². The first-order valence-corrected chi connectivity index (χ1v) is 5.86. The highest BCUT2D eigenvalue weighted by molar-refractivity contribution is 5.84. The van der Waals surface area contributed by atoms with Gasteiger partial charge in [-0.1, -0.05) is 24.3 Å². The van der Waals surface area contributed by atoms with E-state index in [0.29, 0.717) is 5.69 Å². The summed E-state index contributed by atoms with van der Waals surface area (Å²) >= 11 is 0. The van der Waals surface area contributed by atoms with E-state index in [1.54, 1.807) is 24.3 Å². The van der Waals surface area contributed by atoms with Gasteiger partial charge in [-0.3, -0.25) is 5.32 Å². The van der Waals surface area contributed by atoms with Crippen molar-refractivity contribution in [2.75, 3.05) is 12.4 Å². The van der Waals surface area contributed by atoms with Crippen molar-refractivity contribution in [3.63, 3.8) is 0 Å². The van der Waals surface area contributed by atoms with E-state index in [1.807, 2.05) is 12.1 Å². The van der Waals surface area contributed by atoms with Crippen molar-refractivity contribution < 1.29 is 13.9 Å². The molecule has 2 aromatic carbocycles. The number of amides is 1. The maximum Gasteiger partial charge on any atom is 0.411 e. The van der Waals surface area contributed by atoms with Crippen molar-refractivity contribution in [3.05, 3.63) is 65.5 Å². The van der Waals surface area contributed by atoms with Gasteiger partial charge >= 0.3 is 6.09 Å². The summed E-state index contributed by atoms with van der Waals surface area (Å²) in [6.07, 6.45) is 0.227. The van der Waals surface area contributed by atoms with Gasteiger partial charge in [0.15, 0.2) is 0 Å². The van der Waals surface area contributed by atoms with Gasteiger partial charge in [-0.25, -0.2) is 9.18 Å². The number of benzene rings is 2. The van der Waals surface area contributed by atoms with Gasteiger partial charge in [0.05, 0.1) is 7.11 Å². The number of anilines is 1. The van der Waals surface area contributed by atoms with E-state index in [4.69, 9.17) is 0 Å². The minimum atomic E-state index is -0.494. The lowest BCUT2D eigenvalue weighted by atomic mass is 10.0. The number of halogens is 1. The van der Waals surface area contributed by atoms with Crippen LogP contribution in [-0.2, 0) is 11.2 Å². The Morgan fingerprint density at radius 1 is 1.05 bits per heavy atom. The molecule has 0 aliphatic carbocycles. The first-order chi connectivity index (χ1) is 9.17. The van der Waals surface area contributed by atoms with Crippen LogP contribution >= 0.6 is 0 Å². The first-order valence-electron chi connectivity index (χ1n) is 5.86. The highest BCUT2D eigenvalue weighted by Crippen LogP contribution is 2.14. The van der Waals surface area contributed by atoms with E-state index in [0.717, 1.165) is 17.5 Å². The molecule has 1 amide bonds. The molecule has 4 heteroatoms. The van der Waals surface area contributed by atoms with Gasteiger partial charge < -0.3 is 4.74 Å². The molecule has 3 nitrogen and oxygen atoms in total. The SMILES string of the molecule is COC(=O)Nc1ccc(Cc2ccc(F)cc2)cc1. The maximum absolute atomic E-state index is 12.8. The second-order valence-electron chi connectivity index (χ2n) is 4.12. The lowest BCUT2D eigenvalue weighted by Crippen LogP contribution is -2.10. The highest BCUT2D eigenvalue weighted by atomic mass is 19.1. The molecule has 2 aromatic rings. The van der Waals surface area contributed by atoms with Crippen molar-refractivity contribution in [2.24, 2.45) is 0 Å². The van der Waals surface area contributed by atoms with Crippen LogP contribution in [0.1, 0.15) is 11.1 Å². The quantitative estimate of drug-likeness (QED) is 0.914. The number of methoxy groups -OCH3 is 1. The summed E-state index contributed by atoms with van der Waals surface area (Å²) in [5, 5.41) is 2.58. The summed E-state index contributed by atoms with van der Waals surface area (Å²) in [5.74, 6) is -0.235. The molecule has 0 aliphatic rings. The van der Waals surface area contributed by atoms with Crippen LogP contribution < -0.4 is 5.32 Å². The van der Waals surface area contributed by atoms with Crippen LogP contribution in [0.25, 0.3) is 0 Å². The summed E-state index contributed by atoms with van der Waals surface area (Å²) in [5.41, 5.74) is 2.80. The standard InChI is InChI=1S/C15H14FNO2/c1-19-15(18)17-14-8-4-12(5-9-14)10-11-2-6-13(16)7-3-11/h2-9H,10H2,1H3,(H,17,18). The van der Waals surface area contributed by atoms with Crippen LogP contribution in [0, 0.1) is 5.82 Å². The number of carbonyl (C=O) groups excluding carboxylic acids is 1. The molecule has 2 rings (SSSR count). The number of nitrogens with one attached hydrogen (secondary N) is 1. The van der Waals surface area contributed by atoms with Gasteiger partial charge in [-0.05, 0) is 41.8 Å². The smallest absolute Gasteiger partial charge is 0.411 e. The van der Waals surface area contributed by atoms with E-state index in [1.165, 1.54) is 19.2 Å². The molecule has 0 fully saturated rings. The topological polar surface area (TPSA) is 38.3 Å². The summed E-state index contributed by atoms with van der Waals surface area (Å²) in [6, 6.07) is 13.8. The number of hydrogen-bond acceptors (Lipinski definition) is 2. The summed E-state index contributed by atoms with van der Waals surface area (Å²) in [4.78, 5) is 11.0. The molecule has 0 saturated heterocycles. The van der Waals surface area contributed by atoms with E-state index < -0.39 is 6.09 Å². The predicted molar refractivity (Wildman–Crippen MR) is 71.7 cm³/mol. The summed E-state index contributed by atoms with van der Waals surface area (Å²) in [6.45, 7) is 0. The third-order valence-electron chi connectivity index (χ3n) is 2.71. The van der Waals surface area contributed by atoms with Gasteiger partial charge in [0.1, 0.15) is 5.82 Å². The second kappa shape index (κ2) is 6.00. The Kier molecular flexibility index (Phi) is 4.13. The zero-order chi connectivity index (χ0) is 13.7. The van der Waals surface area contributed by atoms with Gasteiger partial charge in [0.25, 0.3) is 0 Å². The molecule has 19 heavy (non-hydrogen) atoms. The van der Waals surface area contributed by atoms with Crippen molar-refractivity contribution in [3.8, 4) is 0 Å². The fraction of sp³-hybridized carbons (Fsp3) is 0.133. The number of rotatable bonds is 3. The Morgan fingerprint density at radius 2 is 1.58 bits per heavy atom. The molecule has 0 aliphatic heterocycles. The Bertz CT molecular complexity index is 549. The fourth-order valence-corrected chi connectivity index (χ4v) is 1.71. The molecule has 0 unspecified atom stereocenters. The first kappa shape index (κ1) is 13.1. The highest BCUT2D eigenvalue weighted by Gasteiger charge is 2.01. The molecular weight excluding hydrogens is 245 g/mol. The van der Waals surface area contributed by atoms with Gasteiger partial charge in [0.2, 0.25) is 0 Å². The molecule has 98 valence electrons. The molecular formula is C15H14FNO2. The molecule has 0 atom stereocenters. The van der Waals surface area contributed by atoms with Crippen molar-refractivity contribution in [1.82, 2.24) is 0 Å². The third-order valence-corrected chi connectivity index (χ3v) is 2.71. The lowest BCUT2D eigenvalue weighted by Gasteiger charge is -2.05. The van der Waals surface area contributed by atoms with Crippen LogP contribution in [0.4, 0.5) is 14.9 Å². The van der Waals surface area contributed by atoms with Crippen LogP contribution in [0.3, 0.4) is 0 Å². The zero-order valence-electron chi connectivity index (χ0n) is 10.5. The van der Waals surface area contributed by atoms with Crippen molar-refractivity contribution in [2.45, 2.75) is 6.42 Å². The molecule has 0 bridgehead atoms. The Morgan fingerprint density at radius 3 is 2.11 bits per heavy atom. The normalized spacial score (nSPS) is 10.0. The minimum absolute atomic E-state index is 0.235. The van der Waals surface area contributed by atoms with Crippen LogP contribution in [-0.4, -0.2) is 13.2 Å². The van der Waals surface area contributed by atoms with Crippen LogP contribution in [0.5, 0.6) is 0 Å². The Balaban J connectivity index is 2.02. The maximum atomic E-state index is 12.8. The van der Waals surface area contributed by atoms with Crippen LogP contribution in [0.2, 0.25) is 0 Å². The largest absolute Gasteiger partial charge is 0.453 e. The number of ether oxygens (including phenoxy) is 1. The zero-order valence-corrected chi connectivity index (χ0v) is 10.5. The molecule has 0 saturated carbocycles. The van der Waals surface area contributed by atoms with Gasteiger partial charge in [-0.15, -0.1) is 0 Å². The van der Waals surface area contributed by atoms with E-state index in [-0.39, 0.29) is 5.82 Å². The molecule has 0 spiro atoms. The third kappa shape index (κ3) is 3.81. The minimum Gasteiger partial charge on any atom is -0.453 e. The van der Waals surface area contributed by atoms with Gasteiger partial charge in [0, 0.05) is 5.69 Å². The van der Waals surface area contributed by atoms with E-state index in [2.05, 4.69) is 10.1 Å². The monoisotopic (exact) mass is 259 g/mol. The predicted octanol–water partition coefficient (Wildman–Crippen LogP) is 3.59. The summed E-state index contributed by atoms with van der Waals surface area (Å²) < 4.78 is 17.3. The molecule has 0 radical (unpaired) electrons. The average Bonchev–Trinajstić information content (AvgIpc) is 2.43. The fourth-order valence-electron chi connectivity index (χ4n) is 1.71. The summed E-state index contributed by atoms with van der Waals surface area (Å²) in [7, 11) is 1.32. The molecule has 1 N–H and O–H groups in total. The van der Waals surface area contributed by atoms with Crippen molar-refractivity contribution >= 4 is 11.8 Å². The number of hydrogen-bond donors (Lipinski definition) is 1. The molecule has 0 heterocycles. The Hall–Kier alpha value is -2.36. The van der Waals surface area contributed by atoms with Gasteiger partial charge in [-0.2, -0.15) is 0 Å². The van der Waals surface area contributed by atoms with Crippen LogP contribution in [0.15, 0.2) is 48.5 Å². The Labute approximate surface area is 111 Å². The average molecular weight is 259 g/mol. The molecule has 0 aromatic heterocycles. The van der Waals surface area contributed by atoms with E-state index >= 15 is 0 Å².